The van der Waals surface area contributed by atoms with Gasteiger partial charge in [0.05, 0.1) is 0 Å². The summed E-state index contributed by atoms with van der Waals surface area (Å²) in [5.41, 5.74) is 0. The summed E-state index contributed by atoms with van der Waals surface area (Å²) >= 11 is 0. The fourth-order valence-electron chi connectivity index (χ4n) is 1.05. The fourth-order valence-corrected chi connectivity index (χ4v) is 1.05. The van der Waals surface area contributed by atoms with Crippen molar-refractivity contribution in [1.82, 2.24) is 9.80 Å². The molecule has 0 aliphatic carbocycles. The molecule has 0 aromatic heterocycles. The van der Waals surface area contributed by atoms with E-state index in [1.165, 1.54) is 14.0 Å². The molecule has 0 fully saturated rings. The van der Waals surface area contributed by atoms with Gasteiger partial charge in [-0.1, -0.05) is 0 Å². The highest BCUT2D eigenvalue weighted by molar-refractivity contribution is 5.92. The Morgan fingerprint density at radius 1 is 1.31 bits per heavy atom. The van der Waals surface area contributed by atoms with Crippen molar-refractivity contribution in [2.75, 3.05) is 13.6 Å². The summed E-state index contributed by atoms with van der Waals surface area (Å²) < 4.78 is 0. The van der Waals surface area contributed by atoms with Crippen LogP contribution in [0.5, 0.6) is 0 Å². The molecular weight excluding hydrogens is 168 g/mol. The predicted molar refractivity (Wildman–Crippen MR) is 51.4 cm³/mol. The van der Waals surface area contributed by atoms with Gasteiger partial charge in [-0.2, -0.15) is 0 Å². The molecule has 4 nitrogen and oxygen atoms in total. The van der Waals surface area contributed by atoms with Crippen LogP contribution in [0, 0.1) is 0 Å². The second-order valence-electron chi connectivity index (χ2n) is 3.24. The van der Waals surface area contributed by atoms with Crippen LogP contribution in [-0.4, -0.2) is 41.4 Å². The van der Waals surface area contributed by atoms with E-state index in [9.17, 15) is 9.59 Å². The summed E-state index contributed by atoms with van der Waals surface area (Å²) in [4.78, 5) is 25.3. The fraction of sp³-hybridized carbons (Fsp3) is 0.778. The van der Waals surface area contributed by atoms with Crippen molar-refractivity contribution in [3.8, 4) is 0 Å². The molecule has 0 bridgehead atoms. The number of carbonyl (C=O) groups excluding carboxylic acids is 2. The zero-order valence-corrected chi connectivity index (χ0v) is 9.00. The number of urea groups is 1. The van der Waals surface area contributed by atoms with Crippen molar-refractivity contribution < 1.29 is 9.59 Å². The molecule has 13 heavy (non-hydrogen) atoms. The number of amides is 3. The lowest BCUT2D eigenvalue weighted by Crippen LogP contribution is -2.46. The molecule has 0 atom stereocenters. The second kappa shape index (κ2) is 4.84. The lowest BCUT2D eigenvalue weighted by atomic mass is 10.3. The average molecular weight is 186 g/mol. The van der Waals surface area contributed by atoms with Crippen LogP contribution in [0.1, 0.15) is 27.7 Å². The Labute approximate surface area is 79.5 Å². The molecule has 0 rings (SSSR count). The summed E-state index contributed by atoms with van der Waals surface area (Å²) in [6.45, 7) is 7.75. The maximum absolute atomic E-state index is 11.6. The van der Waals surface area contributed by atoms with Crippen LogP contribution in [0.25, 0.3) is 0 Å². The lowest BCUT2D eigenvalue weighted by molar-refractivity contribution is -0.125. The smallest absolute Gasteiger partial charge is 0.322 e. The van der Waals surface area contributed by atoms with Gasteiger partial charge in [-0.05, 0) is 20.8 Å². The van der Waals surface area contributed by atoms with Crippen molar-refractivity contribution in [2.24, 2.45) is 0 Å². The highest BCUT2D eigenvalue weighted by Gasteiger charge is 2.20. The number of imide groups is 1. The largest absolute Gasteiger partial charge is 0.326 e. The van der Waals surface area contributed by atoms with Crippen LogP contribution in [0.15, 0.2) is 0 Å². The van der Waals surface area contributed by atoms with Gasteiger partial charge < -0.3 is 4.90 Å². The number of carbonyl (C=O) groups is 2. The Kier molecular flexibility index (Phi) is 4.45. The van der Waals surface area contributed by atoms with Crippen molar-refractivity contribution in [3.05, 3.63) is 0 Å². The van der Waals surface area contributed by atoms with Crippen molar-refractivity contribution >= 4 is 11.9 Å². The van der Waals surface area contributed by atoms with E-state index in [0.717, 1.165) is 4.90 Å². The molecule has 4 heteroatoms. The van der Waals surface area contributed by atoms with Crippen molar-refractivity contribution in [1.29, 1.82) is 0 Å². The zero-order chi connectivity index (χ0) is 10.6. The zero-order valence-electron chi connectivity index (χ0n) is 9.00. The summed E-state index contributed by atoms with van der Waals surface area (Å²) in [6, 6.07) is -0.107. The standard InChI is InChI=1S/C9H18N2O2/c1-6-11(7(2)3)9(13)10(5)8(4)12/h7H,6H2,1-5H3. The van der Waals surface area contributed by atoms with Gasteiger partial charge in [-0.3, -0.25) is 9.69 Å². The summed E-state index contributed by atoms with van der Waals surface area (Å²) in [7, 11) is 1.50. The first-order chi connectivity index (χ1) is 5.91. The second-order valence-corrected chi connectivity index (χ2v) is 3.24. The summed E-state index contributed by atoms with van der Waals surface area (Å²) in [5.74, 6) is -0.232. The molecule has 0 aromatic rings. The quantitative estimate of drug-likeness (QED) is 0.652. The minimum atomic E-state index is -0.232. The molecule has 0 aromatic carbocycles. The van der Waals surface area contributed by atoms with Crippen molar-refractivity contribution in [3.63, 3.8) is 0 Å². The van der Waals surface area contributed by atoms with Crippen LogP contribution in [-0.2, 0) is 4.79 Å². The van der Waals surface area contributed by atoms with E-state index in [4.69, 9.17) is 0 Å². The van der Waals surface area contributed by atoms with E-state index in [2.05, 4.69) is 0 Å². The maximum Gasteiger partial charge on any atom is 0.326 e. The Morgan fingerprint density at radius 3 is 2.00 bits per heavy atom. The SMILES string of the molecule is CCN(C(=O)N(C)C(C)=O)C(C)C. The molecule has 0 N–H and O–H groups in total. The predicted octanol–water partition coefficient (Wildman–Crippen LogP) is 1.31. The van der Waals surface area contributed by atoms with Crippen LogP contribution in [0.2, 0.25) is 0 Å². The average Bonchev–Trinajstić information content (AvgIpc) is 2.03. The van der Waals surface area contributed by atoms with E-state index in [0.29, 0.717) is 6.54 Å². The van der Waals surface area contributed by atoms with E-state index in [1.807, 2.05) is 20.8 Å². The Hall–Kier alpha value is -1.06. The summed E-state index contributed by atoms with van der Waals surface area (Å²) in [6.07, 6.45) is 0. The van der Waals surface area contributed by atoms with Crippen LogP contribution < -0.4 is 0 Å². The molecule has 3 amide bonds. The van der Waals surface area contributed by atoms with Crippen LogP contribution in [0.3, 0.4) is 0 Å². The third-order valence-corrected chi connectivity index (χ3v) is 1.97. The van der Waals surface area contributed by atoms with Crippen LogP contribution >= 0.6 is 0 Å². The minimum absolute atomic E-state index is 0.124. The molecule has 0 aliphatic heterocycles. The Balaban J connectivity index is 4.46. The molecule has 0 radical (unpaired) electrons. The van der Waals surface area contributed by atoms with Gasteiger partial charge in [-0.15, -0.1) is 0 Å². The van der Waals surface area contributed by atoms with Gasteiger partial charge >= 0.3 is 6.03 Å². The molecule has 0 aliphatic rings. The number of nitrogens with zero attached hydrogens (tertiary/aromatic N) is 2. The van der Waals surface area contributed by atoms with E-state index >= 15 is 0 Å². The Bertz CT molecular complexity index is 202. The Morgan fingerprint density at radius 2 is 1.77 bits per heavy atom. The first-order valence-electron chi connectivity index (χ1n) is 4.46. The third-order valence-electron chi connectivity index (χ3n) is 1.97. The van der Waals surface area contributed by atoms with Gasteiger partial charge in [0.25, 0.3) is 0 Å². The molecule has 76 valence electrons. The molecule has 0 saturated heterocycles. The molecule has 0 heterocycles. The monoisotopic (exact) mass is 186 g/mol. The lowest BCUT2D eigenvalue weighted by Gasteiger charge is -2.28. The molecule has 0 spiro atoms. The van der Waals surface area contributed by atoms with Gasteiger partial charge in [0.2, 0.25) is 5.91 Å². The molecule has 0 unspecified atom stereocenters. The minimum Gasteiger partial charge on any atom is -0.322 e. The molecular formula is C9H18N2O2. The van der Waals surface area contributed by atoms with Gasteiger partial charge in [0.1, 0.15) is 0 Å². The van der Waals surface area contributed by atoms with Crippen molar-refractivity contribution in [2.45, 2.75) is 33.7 Å². The molecule has 0 saturated carbocycles. The topological polar surface area (TPSA) is 40.6 Å². The first-order valence-corrected chi connectivity index (χ1v) is 4.46. The number of rotatable bonds is 2. The highest BCUT2D eigenvalue weighted by atomic mass is 16.2. The highest BCUT2D eigenvalue weighted by Crippen LogP contribution is 2.02. The van der Waals surface area contributed by atoms with E-state index in [-0.39, 0.29) is 18.0 Å². The first kappa shape index (κ1) is 11.9. The summed E-state index contributed by atoms with van der Waals surface area (Å²) in [5, 5.41) is 0. The third kappa shape index (κ3) is 3.05. The normalized spacial score (nSPS) is 10.0. The van der Waals surface area contributed by atoms with Crippen LogP contribution in [0.4, 0.5) is 4.79 Å². The number of hydrogen-bond donors (Lipinski definition) is 0. The van der Waals surface area contributed by atoms with E-state index in [1.54, 1.807) is 4.90 Å². The maximum atomic E-state index is 11.6. The number of hydrogen-bond acceptors (Lipinski definition) is 2. The van der Waals surface area contributed by atoms with Gasteiger partial charge in [0.15, 0.2) is 0 Å². The van der Waals surface area contributed by atoms with E-state index < -0.39 is 0 Å². The van der Waals surface area contributed by atoms with Gasteiger partial charge in [-0.25, -0.2) is 4.79 Å². The van der Waals surface area contributed by atoms with Gasteiger partial charge in [0, 0.05) is 26.6 Å².